The van der Waals surface area contributed by atoms with Gasteiger partial charge in [-0.2, -0.15) is 0 Å². The summed E-state index contributed by atoms with van der Waals surface area (Å²) in [5.41, 5.74) is 1.08. The summed E-state index contributed by atoms with van der Waals surface area (Å²) in [6.07, 6.45) is 0. The highest BCUT2D eigenvalue weighted by atomic mass is 79.9. The minimum atomic E-state index is -0.297. The van der Waals surface area contributed by atoms with Crippen LogP contribution in [0, 0.1) is 11.7 Å². The lowest BCUT2D eigenvalue weighted by atomic mass is 10.2. The van der Waals surface area contributed by atoms with Crippen LogP contribution in [0.25, 0.3) is 0 Å². The monoisotopic (exact) mass is 351 g/mol. The molecule has 0 heterocycles. The Morgan fingerprint density at radius 2 is 1.95 bits per heavy atom. The van der Waals surface area contributed by atoms with E-state index in [2.05, 4.69) is 35.1 Å². The Labute approximate surface area is 133 Å². The van der Waals surface area contributed by atoms with Crippen molar-refractivity contribution in [3.63, 3.8) is 0 Å². The minimum Gasteiger partial charge on any atom is -0.457 e. The van der Waals surface area contributed by atoms with Crippen molar-refractivity contribution in [2.75, 3.05) is 6.54 Å². The standard InChI is InChI=1S/C17H19BrFNO/c1-12(2)10-20-11-13-5-3-4-6-17(13)21-14-7-8-16(19)15(18)9-14/h3-9,12,20H,10-11H2,1-2H3. The molecule has 112 valence electrons. The van der Waals surface area contributed by atoms with Gasteiger partial charge in [0.05, 0.1) is 4.47 Å². The zero-order valence-corrected chi connectivity index (χ0v) is 13.8. The fourth-order valence-electron chi connectivity index (χ4n) is 1.91. The normalized spacial score (nSPS) is 10.9. The Hall–Kier alpha value is -1.39. The van der Waals surface area contributed by atoms with E-state index in [1.54, 1.807) is 12.1 Å². The van der Waals surface area contributed by atoms with Crippen LogP contribution < -0.4 is 10.1 Å². The predicted octanol–water partition coefficient (Wildman–Crippen LogP) is 5.13. The maximum absolute atomic E-state index is 13.2. The lowest BCUT2D eigenvalue weighted by molar-refractivity contribution is 0.467. The van der Waals surface area contributed by atoms with E-state index in [0.29, 0.717) is 16.1 Å². The molecular weight excluding hydrogens is 333 g/mol. The van der Waals surface area contributed by atoms with Crippen molar-refractivity contribution in [3.05, 3.63) is 58.3 Å². The van der Waals surface area contributed by atoms with Crippen LogP contribution in [0.1, 0.15) is 19.4 Å². The van der Waals surface area contributed by atoms with E-state index in [1.165, 1.54) is 6.07 Å². The molecule has 0 amide bonds. The molecule has 0 unspecified atom stereocenters. The number of benzene rings is 2. The predicted molar refractivity (Wildman–Crippen MR) is 87.2 cm³/mol. The number of nitrogens with one attached hydrogen (secondary N) is 1. The van der Waals surface area contributed by atoms with Crippen LogP contribution in [0.4, 0.5) is 4.39 Å². The summed E-state index contributed by atoms with van der Waals surface area (Å²) in [6.45, 7) is 6.05. The van der Waals surface area contributed by atoms with Gasteiger partial charge in [-0.05, 0) is 52.7 Å². The molecule has 0 aromatic heterocycles. The SMILES string of the molecule is CC(C)CNCc1ccccc1Oc1ccc(F)c(Br)c1. The maximum atomic E-state index is 13.2. The Morgan fingerprint density at radius 1 is 1.19 bits per heavy atom. The average Bonchev–Trinajstić information content (AvgIpc) is 2.44. The largest absolute Gasteiger partial charge is 0.457 e. The highest BCUT2D eigenvalue weighted by Gasteiger charge is 2.06. The Balaban J connectivity index is 2.10. The van der Waals surface area contributed by atoms with Gasteiger partial charge < -0.3 is 10.1 Å². The lowest BCUT2D eigenvalue weighted by Gasteiger charge is -2.13. The highest BCUT2D eigenvalue weighted by Crippen LogP contribution is 2.28. The topological polar surface area (TPSA) is 21.3 Å². The van der Waals surface area contributed by atoms with E-state index >= 15 is 0 Å². The third-order valence-electron chi connectivity index (χ3n) is 2.96. The molecule has 0 bridgehead atoms. The summed E-state index contributed by atoms with van der Waals surface area (Å²) in [5, 5.41) is 3.40. The van der Waals surface area contributed by atoms with Crippen molar-refractivity contribution in [1.82, 2.24) is 5.32 Å². The van der Waals surface area contributed by atoms with Gasteiger partial charge >= 0.3 is 0 Å². The van der Waals surface area contributed by atoms with E-state index < -0.39 is 0 Å². The van der Waals surface area contributed by atoms with E-state index in [4.69, 9.17) is 4.74 Å². The molecule has 21 heavy (non-hydrogen) atoms. The molecule has 0 aliphatic carbocycles. The molecule has 2 aromatic rings. The zero-order valence-electron chi connectivity index (χ0n) is 12.2. The summed E-state index contributed by atoms with van der Waals surface area (Å²) < 4.78 is 19.5. The van der Waals surface area contributed by atoms with Crippen molar-refractivity contribution < 1.29 is 9.13 Å². The van der Waals surface area contributed by atoms with Gasteiger partial charge in [-0.15, -0.1) is 0 Å². The van der Waals surface area contributed by atoms with Crippen molar-refractivity contribution in [1.29, 1.82) is 0 Å². The van der Waals surface area contributed by atoms with Gasteiger partial charge in [-0.1, -0.05) is 32.0 Å². The first-order chi connectivity index (χ1) is 10.1. The van der Waals surface area contributed by atoms with E-state index in [1.807, 2.05) is 24.3 Å². The summed E-state index contributed by atoms with van der Waals surface area (Å²) in [5.74, 6) is 1.70. The summed E-state index contributed by atoms with van der Waals surface area (Å²) in [4.78, 5) is 0. The van der Waals surface area contributed by atoms with Crippen LogP contribution in [0.5, 0.6) is 11.5 Å². The molecule has 0 atom stereocenters. The Morgan fingerprint density at radius 3 is 2.67 bits per heavy atom. The summed E-state index contributed by atoms with van der Waals surface area (Å²) >= 11 is 3.17. The van der Waals surface area contributed by atoms with Gasteiger partial charge in [0.1, 0.15) is 17.3 Å². The number of halogens is 2. The van der Waals surface area contributed by atoms with Gasteiger partial charge in [0.15, 0.2) is 0 Å². The molecule has 0 aliphatic heterocycles. The fourth-order valence-corrected chi connectivity index (χ4v) is 2.27. The second-order valence-electron chi connectivity index (χ2n) is 5.31. The number of hydrogen-bond acceptors (Lipinski definition) is 2. The van der Waals surface area contributed by atoms with Gasteiger partial charge in [-0.3, -0.25) is 0 Å². The van der Waals surface area contributed by atoms with Gasteiger partial charge in [0.25, 0.3) is 0 Å². The summed E-state index contributed by atoms with van der Waals surface area (Å²) in [6, 6.07) is 12.5. The van der Waals surface area contributed by atoms with E-state index in [9.17, 15) is 4.39 Å². The molecule has 2 nitrogen and oxygen atoms in total. The van der Waals surface area contributed by atoms with Crippen LogP contribution in [-0.2, 0) is 6.54 Å². The molecule has 1 N–H and O–H groups in total. The molecule has 4 heteroatoms. The Bertz CT molecular complexity index is 601. The molecule has 0 saturated heterocycles. The fraction of sp³-hybridized carbons (Fsp3) is 0.294. The molecule has 0 fully saturated rings. The number of para-hydroxylation sites is 1. The molecule has 0 saturated carbocycles. The molecule has 2 aromatic carbocycles. The Kier molecular flexibility index (Phi) is 5.76. The number of ether oxygens (including phenoxy) is 1. The van der Waals surface area contributed by atoms with E-state index in [-0.39, 0.29) is 5.82 Å². The van der Waals surface area contributed by atoms with Gasteiger partial charge in [0, 0.05) is 12.1 Å². The van der Waals surface area contributed by atoms with Crippen molar-refractivity contribution in [3.8, 4) is 11.5 Å². The summed E-state index contributed by atoms with van der Waals surface area (Å²) in [7, 11) is 0. The van der Waals surface area contributed by atoms with Crippen LogP contribution in [0.3, 0.4) is 0 Å². The molecular formula is C17H19BrFNO. The van der Waals surface area contributed by atoms with Crippen LogP contribution in [0.15, 0.2) is 46.9 Å². The van der Waals surface area contributed by atoms with E-state index in [0.717, 1.165) is 24.4 Å². The maximum Gasteiger partial charge on any atom is 0.137 e. The van der Waals surface area contributed by atoms with Crippen molar-refractivity contribution >= 4 is 15.9 Å². The second kappa shape index (κ2) is 7.57. The third-order valence-corrected chi connectivity index (χ3v) is 3.57. The number of hydrogen-bond donors (Lipinski definition) is 1. The van der Waals surface area contributed by atoms with Crippen LogP contribution in [-0.4, -0.2) is 6.54 Å². The molecule has 0 radical (unpaired) electrons. The van der Waals surface area contributed by atoms with Gasteiger partial charge in [0.2, 0.25) is 0 Å². The number of rotatable bonds is 6. The molecule has 0 spiro atoms. The second-order valence-corrected chi connectivity index (χ2v) is 6.16. The molecule has 0 aliphatic rings. The first kappa shape index (κ1) is 16.0. The highest BCUT2D eigenvalue weighted by molar-refractivity contribution is 9.10. The smallest absolute Gasteiger partial charge is 0.137 e. The van der Waals surface area contributed by atoms with Crippen molar-refractivity contribution in [2.24, 2.45) is 5.92 Å². The minimum absolute atomic E-state index is 0.297. The van der Waals surface area contributed by atoms with Crippen LogP contribution >= 0.6 is 15.9 Å². The average molecular weight is 352 g/mol. The quantitative estimate of drug-likeness (QED) is 0.779. The van der Waals surface area contributed by atoms with Crippen LogP contribution in [0.2, 0.25) is 0 Å². The molecule has 2 rings (SSSR count). The zero-order chi connectivity index (χ0) is 15.2. The first-order valence-electron chi connectivity index (χ1n) is 6.98. The first-order valence-corrected chi connectivity index (χ1v) is 7.77. The van der Waals surface area contributed by atoms with Gasteiger partial charge in [-0.25, -0.2) is 4.39 Å². The third kappa shape index (κ3) is 4.83. The lowest BCUT2D eigenvalue weighted by Crippen LogP contribution is -2.19. The van der Waals surface area contributed by atoms with Crippen molar-refractivity contribution in [2.45, 2.75) is 20.4 Å².